The summed E-state index contributed by atoms with van der Waals surface area (Å²) in [4.78, 5) is 15.5. The molecule has 0 bridgehead atoms. The number of nitrogens with zero attached hydrogens (tertiary/aromatic N) is 1. The molecule has 6 nitrogen and oxygen atoms in total. The Morgan fingerprint density at radius 3 is 2.35 bits per heavy atom. The highest BCUT2D eigenvalue weighted by atomic mass is 16.5. The van der Waals surface area contributed by atoms with E-state index in [4.69, 9.17) is 14.2 Å². The summed E-state index contributed by atoms with van der Waals surface area (Å²) in [5, 5.41) is 4.97. The number of morpholine rings is 1. The van der Waals surface area contributed by atoms with Gasteiger partial charge >= 0.3 is 0 Å². The zero-order valence-corrected chi connectivity index (χ0v) is 18.0. The Labute approximate surface area is 182 Å². The van der Waals surface area contributed by atoms with Crippen LogP contribution in [0.15, 0.2) is 60.7 Å². The van der Waals surface area contributed by atoms with E-state index in [-0.39, 0.29) is 11.9 Å². The normalized spacial score (nSPS) is 15.4. The van der Waals surface area contributed by atoms with E-state index in [9.17, 15) is 4.79 Å². The van der Waals surface area contributed by atoms with E-state index in [2.05, 4.69) is 22.3 Å². The van der Waals surface area contributed by atoms with Gasteiger partial charge in [0.1, 0.15) is 11.5 Å². The Bertz CT molecular complexity index is 1030. The number of carbonyl (C=O) groups excluding carboxylic acids is 1. The van der Waals surface area contributed by atoms with E-state index < -0.39 is 0 Å². The molecule has 1 aliphatic heterocycles. The van der Waals surface area contributed by atoms with E-state index in [1.54, 1.807) is 14.2 Å². The molecule has 6 heteroatoms. The van der Waals surface area contributed by atoms with Crippen molar-refractivity contribution >= 4 is 16.7 Å². The predicted molar refractivity (Wildman–Crippen MR) is 121 cm³/mol. The molecule has 3 aromatic rings. The van der Waals surface area contributed by atoms with E-state index in [0.29, 0.717) is 25.3 Å². The molecule has 0 saturated carbocycles. The van der Waals surface area contributed by atoms with Crippen LogP contribution in [-0.2, 0) is 4.74 Å². The molecule has 1 N–H and O–H groups in total. The van der Waals surface area contributed by atoms with Crippen molar-refractivity contribution in [1.29, 1.82) is 0 Å². The van der Waals surface area contributed by atoms with Gasteiger partial charge in [0, 0.05) is 30.6 Å². The minimum Gasteiger partial charge on any atom is -0.497 e. The second kappa shape index (κ2) is 9.81. The lowest BCUT2D eigenvalue weighted by Crippen LogP contribution is -2.43. The summed E-state index contributed by atoms with van der Waals surface area (Å²) in [5.41, 5.74) is 1.79. The van der Waals surface area contributed by atoms with Gasteiger partial charge < -0.3 is 19.5 Å². The monoisotopic (exact) mass is 420 g/mol. The Morgan fingerprint density at radius 2 is 1.68 bits per heavy atom. The van der Waals surface area contributed by atoms with Gasteiger partial charge in [0.05, 0.1) is 33.5 Å². The molecule has 162 valence electrons. The maximum absolute atomic E-state index is 13.2. The van der Waals surface area contributed by atoms with Crippen LogP contribution in [0.1, 0.15) is 22.0 Å². The van der Waals surface area contributed by atoms with Gasteiger partial charge in [-0.1, -0.05) is 36.4 Å². The third kappa shape index (κ3) is 4.65. The van der Waals surface area contributed by atoms with E-state index in [1.807, 2.05) is 48.5 Å². The lowest BCUT2D eigenvalue weighted by molar-refractivity contribution is 0.0162. The first-order chi connectivity index (χ1) is 15.2. The zero-order chi connectivity index (χ0) is 21.6. The average Bonchev–Trinajstić information content (AvgIpc) is 2.84. The first kappa shape index (κ1) is 21.2. The van der Waals surface area contributed by atoms with Crippen LogP contribution in [0.4, 0.5) is 0 Å². The zero-order valence-electron chi connectivity index (χ0n) is 18.0. The molecular weight excluding hydrogens is 392 g/mol. The summed E-state index contributed by atoms with van der Waals surface area (Å²) < 4.78 is 16.3. The van der Waals surface area contributed by atoms with Gasteiger partial charge in [-0.3, -0.25) is 9.69 Å². The second-order valence-electron chi connectivity index (χ2n) is 7.51. The van der Waals surface area contributed by atoms with E-state index in [0.717, 1.165) is 40.9 Å². The van der Waals surface area contributed by atoms with Gasteiger partial charge in [-0.25, -0.2) is 0 Å². The number of fused-ring (bicyclic) bond motifs is 1. The van der Waals surface area contributed by atoms with E-state index in [1.165, 1.54) is 0 Å². The third-order valence-corrected chi connectivity index (χ3v) is 5.79. The van der Waals surface area contributed by atoms with Gasteiger partial charge in [0.15, 0.2) is 0 Å². The van der Waals surface area contributed by atoms with Crippen LogP contribution in [0.25, 0.3) is 10.8 Å². The number of hydrogen-bond donors (Lipinski definition) is 1. The predicted octanol–water partition coefficient (Wildman–Crippen LogP) is 3.66. The number of carbonyl (C=O) groups is 1. The summed E-state index contributed by atoms with van der Waals surface area (Å²) in [6.45, 7) is 3.56. The first-order valence-electron chi connectivity index (χ1n) is 10.5. The SMILES string of the molecule is COc1ccc(C(CNC(=O)c2ccc(OC)c3ccccc23)N2CCOCC2)cc1. The number of nitrogens with one attached hydrogen (secondary N) is 1. The molecular formula is C25H28N2O4. The fraction of sp³-hybridized carbons (Fsp3) is 0.320. The highest BCUT2D eigenvalue weighted by Crippen LogP contribution is 2.29. The number of amides is 1. The van der Waals surface area contributed by atoms with Gasteiger partial charge in [0.25, 0.3) is 5.91 Å². The van der Waals surface area contributed by atoms with Crippen LogP contribution in [0.3, 0.4) is 0 Å². The lowest BCUT2D eigenvalue weighted by atomic mass is 10.0. The molecule has 1 saturated heterocycles. The number of ether oxygens (including phenoxy) is 3. The quantitative estimate of drug-likeness (QED) is 0.632. The van der Waals surface area contributed by atoms with Crippen LogP contribution >= 0.6 is 0 Å². The number of rotatable bonds is 7. The van der Waals surface area contributed by atoms with Crippen LogP contribution < -0.4 is 14.8 Å². The van der Waals surface area contributed by atoms with Crippen LogP contribution in [0.5, 0.6) is 11.5 Å². The highest BCUT2D eigenvalue weighted by molar-refractivity contribution is 6.08. The summed E-state index contributed by atoms with van der Waals surface area (Å²) in [5.74, 6) is 1.49. The van der Waals surface area contributed by atoms with Crippen molar-refractivity contribution < 1.29 is 19.0 Å². The molecule has 0 aromatic heterocycles. The molecule has 0 aliphatic carbocycles. The summed E-state index contributed by atoms with van der Waals surface area (Å²) in [7, 11) is 3.30. The van der Waals surface area contributed by atoms with Crippen molar-refractivity contribution in [1.82, 2.24) is 10.2 Å². The molecule has 1 fully saturated rings. The Kier molecular flexibility index (Phi) is 6.70. The number of hydrogen-bond acceptors (Lipinski definition) is 5. The average molecular weight is 421 g/mol. The van der Waals surface area contributed by atoms with Crippen LogP contribution in [0.2, 0.25) is 0 Å². The van der Waals surface area contributed by atoms with Gasteiger partial charge in [-0.2, -0.15) is 0 Å². The maximum atomic E-state index is 13.2. The molecule has 3 aromatic carbocycles. The maximum Gasteiger partial charge on any atom is 0.251 e. The first-order valence-corrected chi connectivity index (χ1v) is 10.5. The fourth-order valence-electron chi connectivity index (χ4n) is 4.10. The van der Waals surface area contributed by atoms with Crippen LogP contribution in [-0.4, -0.2) is 57.9 Å². The Hall–Kier alpha value is -3.09. The molecule has 1 amide bonds. The molecule has 31 heavy (non-hydrogen) atoms. The van der Waals surface area contributed by atoms with Crippen molar-refractivity contribution in [2.24, 2.45) is 0 Å². The lowest BCUT2D eigenvalue weighted by Gasteiger charge is -2.35. The molecule has 4 rings (SSSR count). The topological polar surface area (TPSA) is 60.0 Å². The number of benzene rings is 3. The molecule has 1 aliphatic rings. The number of methoxy groups -OCH3 is 2. The van der Waals surface area contributed by atoms with Gasteiger partial charge in [0.2, 0.25) is 0 Å². The van der Waals surface area contributed by atoms with Crippen molar-refractivity contribution in [2.75, 3.05) is 47.1 Å². The minimum atomic E-state index is -0.0920. The van der Waals surface area contributed by atoms with Crippen LogP contribution in [0, 0.1) is 0 Å². The molecule has 1 unspecified atom stereocenters. The molecule has 0 spiro atoms. The van der Waals surface area contributed by atoms with Crippen molar-refractivity contribution in [3.63, 3.8) is 0 Å². The van der Waals surface area contributed by atoms with Crippen molar-refractivity contribution in [2.45, 2.75) is 6.04 Å². The molecule has 1 atom stereocenters. The fourth-order valence-corrected chi connectivity index (χ4v) is 4.10. The second-order valence-corrected chi connectivity index (χ2v) is 7.51. The Morgan fingerprint density at radius 1 is 0.968 bits per heavy atom. The largest absolute Gasteiger partial charge is 0.497 e. The van der Waals surface area contributed by atoms with Crippen molar-refractivity contribution in [3.8, 4) is 11.5 Å². The molecule has 0 radical (unpaired) electrons. The minimum absolute atomic E-state index is 0.0586. The third-order valence-electron chi connectivity index (χ3n) is 5.79. The van der Waals surface area contributed by atoms with Gasteiger partial charge in [-0.15, -0.1) is 0 Å². The summed E-state index contributed by atoms with van der Waals surface area (Å²) in [6.07, 6.45) is 0. The van der Waals surface area contributed by atoms with E-state index >= 15 is 0 Å². The smallest absolute Gasteiger partial charge is 0.251 e. The summed E-state index contributed by atoms with van der Waals surface area (Å²) in [6, 6.07) is 19.6. The highest BCUT2D eigenvalue weighted by Gasteiger charge is 2.24. The summed E-state index contributed by atoms with van der Waals surface area (Å²) >= 11 is 0. The molecule has 1 heterocycles. The van der Waals surface area contributed by atoms with Gasteiger partial charge in [-0.05, 0) is 35.2 Å². The van der Waals surface area contributed by atoms with Crippen molar-refractivity contribution in [3.05, 3.63) is 71.8 Å². The Balaban J connectivity index is 1.56. The standard InChI is InChI=1S/C25H28N2O4/c1-29-19-9-7-18(8-10-19)23(27-13-15-31-16-14-27)17-26-25(28)22-11-12-24(30-2)21-6-4-3-5-20(21)22/h3-12,23H,13-17H2,1-2H3,(H,26,28).